The number of nitrogens with zero attached hydrogens (tertiary/aromatic N) is 2. The van der Waals surface area contributed by atoms with Gasteiger partial charge in [-0.3, -0.25) is 9.98 Å². The Morgan fingerprint density at radius 2 is 1.60 bits per heavy atom. The van der Waals surface area contributed by atoms with Crippen LogP contribution in [0.2, 0.25) is 0 Å². The third-order valence-electron chi connectivity index (χ3n) is 3.61. The highest BCUT2D eigenvalue weighted by Crippen LogP contribution is 2.35. The van der Waals surface area contributed by atoms with Crippen molar-refractivity contribution in [2.24, 2.45) is 15.9 Å². The molecule has 1 aliphatic carbocycles. The van der Waals surface area contributed by atoms with Gasteiger partial charge in [-0.15, -0.1) is 0 Å². The molecule has 0 saturated heterocycles. The highest BCUT2D eigenvalue weighted by molar-refractivity contribution is 5.08. The van der Waals surface area contributed by atoms with E-state index >= 15 is 0 Å². The summed E-state index contributed by atoms with van der Waals surface area (Å²) >= 11 is 0. The smallest absolute Gasteiger partial charge is 0.151 e. The van der Waals surface area contributed by atoms with Gasteiger partial charge in [-0.1, -0.05) is 19.1 Å². The Kier molecular flexibility index (Phi) is 1.91. The van der Waals surface area contributed by atoms with E-state index in [1.807, 2.05) is 12.1 Å². The van der Waals surface area contributed by atoms with E-state index < -0.39 is 0 Å². The maximum absolute atomic E-state index is 4.81. The molecule has 0 amide bonds. The number of rotatable bonds is 0. The molecule has 15 heavy (non-hydrogen) atoms. The van der Waals surface area contributed by atoms with Crippen molar-refractivity contribution in [1.29, 1.82) is 0 Å². The van der Waals surface area contributed by atoms with Gasteiger partial charge in [-0.05, 0) is 43.7 Å². The van der Waals surface area contributed by atoms with Crippen molar-refractivity contribution in [3.8, 4) is 0 Å². The lowest BCUT2D eigenvalue weighted by Gasteiger charge is -2.30. The third kappa shape index (κ3) is 1.48. The van der Waals surface area contributed by atoms with Gasteiger partial charge in [0.2, 0.25) is 0 Å². The summed E-state index contributed by atoms with van der Waals surface area (Å²) in [4.78, 5) is 9.62. The minimum absolute atomic E-state index is 0.0871. The van der Waals surface area contributed by atoms with Crippen molar-refractivity contribution in [3.63, 3.8) is 0 Å². The highest BCUT2D eigenvalue weighted by Gasteiger charge is 2.34. The molecule has 0 radical (unpaired) electrons. The topological polar surface area (TPSA) is 24.7 Å². The number of para-hydroxylation sites is 2. The second kappa shape index (κ2) is 3.16. The molecule has 0 aromatic heterocycles. The standard InChI is InChI=1S/C13H16N2/c1-10-6-8-13(9-7-10)14-11-4-2-3-5-12(11)15-13/h2-5,10H,6-9H2,1H3. The quantitative estimate of drug-likeness (QED) is 0.610. The average Bonchev–Trinajstić information content (AvgIpc) is 2.61. The molecule has 0 N–H and O–H groups in total. The number of hydrogen-bond acceptors (Lipinski definition) is 2. The monoisotopic (exact) mass is 200 g/mol. The van der Waals surface area contributed by atoms with E-state index in [9.17, 15) is 0 Å². The average molecular weight is 200 g/mol. The van der Waals surface area contributed by atoms with Crippen LogP contribution in [0.25, 0.3) is 0 Å². The fourth-order valence-corrected chi connectivity index (χ4v) is 2.57. The molecule has 1 saturated carbocycles. The molecule has 1 spiro atoms. The fourth-order valence-electron chi connectivity index (χ4n) is 2.57. The van der Waals surface area contributed by atoms with Gasteiger partial charge < -0.3 is 0 Å². The van der Waals surface area contributed by atoms with E-state index in [0.717, 1.165) is 29.5 Å². The van der Waals surface area contributed by atoms with E-state index in [1.54, 1.807) is 0 Å². The van der Waals surface area contributed by atoms with Crippen molar-refractivity contribution in [2.75, 3.05) is 0 Å². The van der Waals surface area contributed by atoms with Gasteiger partial charge in [0.25, 0.3) is 0 Å². The van der Waals surface area contributed by atoms with Crippen molar-refractivity contribution in [2.45, 2.75) is 38.3 Å². The molecule has 2 aliphatic rings. The van der Waals surface area contributed by atoms with Crippen LogP contribution in [0.1, 0.15) is 32.6 Å². The summed E-state index contributed by atoms with van der Waals surface area (Å²) in [6, 6.07) is 8.24. The molecule has 0 unspecified atom stereocenters. The SMILES string of the molecule is CC1CCC2(CC1)N=c1ccccc1=N2. The predicted molar refractivity (Wildman–Crippen MR) is 59.1 cm³/mol. The fraction of sp³-hybridized carbons (Fsp3) is 0.538. The summed E-state index contributed by atoms with van der Waals surface area (Å²) in [5.74, 6) is 0.852. The summed E-state index contributed by atoms with van der Waals surface area (Å²) < 4.78 is 0. The first-order valence-electron chi connectivity index (χ1n) is 5.82. The van der Waals surface area contributed by atoms with Gasteiger partial charge in [0.15, 0.2) is 5.66 Å². The first kappa shape index (κ1) is 9.08. The van der Waals surface area contributed by atoms with Crippen LogP contribution >= 0.6 is 0 Å². The van der Waals surface area contributed by atoms with Crippen LogP contribution in [-0.2, 0) is 0 Å². The van der Waals surface area contributed by atoms with Gasteiger partial charge in [0.05, 0.1) is 10.7 Å². The minimum Gasteiger partial charge on any atom is -0.253 e. The number of benzene rings is 1. The van der Waals surface area contributed by atoms with E-state index in [-0.39, 0.29) is 5.66 Å². The van der Waals surface area contributed by atoms with Gasteiger partial charge in [-0.2, -0.15) is 0 Å². The molecule has 1 aromatic carbocycles. The summed E-state index contributed by atoms with van der Waals surface area (Å²) in [5, 5.41) is 2.18. The van der Waals surface area contributed by atoms with Crippen molar-refractivity contribution in [3.05, 3.63) is 35.0 Å². The summed E-state index contributed by atoms with van der Waals surface area (Å²) in [7, 11) is 0. The van der Waals surface area contributed by atoms with Crippen LogP contribution in [0.5, 0.6) is 0 Å². The Hall–Kier alpha value is -1.18. The van der Waals surface area contributed by atoms with E-state index in [1.165, 1.54) is 12.8 Å². The van der Waals surface area contributed by atoms with Gasteiger partial charge in [0.1, 0.15) is 0 Å². The normalized spacial score (nSPS) is 23.3. The lowest BCUT2D eigenvalue weighted by molar-refractivity contribution is 0.254. The second-order valence-corrected chi connectivity index (χ2v) is 4.88. The molecule has 1 fully saturated rings. The minimum atomic E-state index is -0.0871. The molecule has 2 nitrogen and oxygen atoms in total. The van der Waals surface area contributed by atoms with Crippen molar-refractivity contribution < 1.29 is 0 Å². The molecule has 1 aromatic rings. The van der Waals surface area contributed by atoms with Crippen LogP contribution in [0.4, 0.5) is 0 Å². The van der Waals surface area contributed by atoms with Crippen molar-refractivity contribution in [1.82, 2.24) is 0 Å². The largest absolute Gasteiger partial charge is 0.253 e. The van der Waals surface area contributed by atoms with Crippen LogP contribution in [0, 0.1) is 5.92 Å². The second-order valence-electron chi connectivity index (χ2n) is 4.88. The summed E-state index contributed by atoms with van der Waals surface area (Å²) in [6.45, 7) is 2.33. The van der Waals surface area contributed by atoms with Gasteiger partial charge in [-0.25, -0.2) is 0 Å². The Morgan fingerprint density at radius 1 is 1.07 bits per heavy atom. The molecule has 0 atom stereocenters. The lowest BCUT2D eigenvalue weighted by Crippen LogP contribution is -2.28. The molecule has 2 heteroatoms. The Balaban J connectivity index is 2.02. The molecule has 1 heterocycles. The molecular formula is C13H16N2. The molecule has 0 bridgehead atoms. The highest BCUT2D eigenvalue weighted by atomic mass is 15.1. The van der Waals surface area contributed by atoms with E-state index in [4.69, 9.17) is 9.98 Å². The summed E-state index contributed by atoms with van der Waals surface area (Å²) in [6.07, 6.45) is 4.79. The first-order valence-corrected chi connectivity index (χ1v) is 5.82. The number of fused-ring (bicyclic) bond motifs is 1. The molecule has 78 valence electrons. The van der Waals surface area contributed by atoms with Gasteiger partial charge in [0, 0.05) is 0 Å². The first-order chi connectivity index (χ1) is 7.27. The van der Waals surface area contributed by atoms with E-state index in [0.29, 0.717) is 0 Å². The van der Waals surface area contributed by atoms with Crippen LogP contribution in [0.3, 0.4) is 0 Å². The van der Waals surface area contributed by atoms with Crippen LogP contribution in [0.15, 0.2) is 34.3 Å². The molecular weight excluding hydrogens is 184 g/mol. The van der Waals surface area contributed by atoms with Crippen LogP contribution < -0.4 is 10.7 Å². The lowest BCUT2D eigenvalue weighted by atomic mass is 9.83. The Labute approximate surface area is 89.8 Å². The maximum Gasteiger partial charge on any atom is 0.151 e. The summed E-state index contributed by atoms with van der Waals surface area (Å²) in [5.41, 5.74) is -0.0871. The predicted octanol–water partition coefficient (Wildman–Crippen LogP) is 1.85. The Morgan fingerprint density at radius 3 is 2.13 bits per heavy atom. The zero-order valence-corrected chi connectivity index (χ0v) is 9.11. The molecule has 3 rings (SSSR count). The maximum atomic E-state index is 4.81. The Bertz CT molecular complexity index is 445. The van der Waals surface area contributed by atoms with Gasteiger partial charge >= 0.3 is 0 Å². The third-order valence-corrected chi connectivity index (χ3v) is 3.61. The molecule has 1 aliphatic heterocycles. The van der Waals surface area contributed by atoms with Crippen molar-refractivity contribution >= 4 is 0 Å². The zero-order valence-electron chi connectivity index (χ0n) is 9.11. The zero-order chi connectivity index (χ0) is 10.3. The van der Waals surface area contributed by atoms with E-state index in [2.05, 4.69) is 19.1 Å². The number of hydrogen-bond donors (Lipinski definition) is 0. The van der Waals surface area contributed by atoms with Crippen LogP contribution in [-0.4, -0.2) is 5.66 Å².